The van der Waals surface area contributed by atoms with Crippen LogP contribution in [0, 0.1) is 5.82 Å². The lowest BCUT2D eigenvalue weighted by molar-refractivity contribution is 0.570. The summed E-state index contributed by atoms with van der Waals surface area (Å²) in [5.41, 5.74) is 7.23. The Balaban J connectivity index is 2.11. The molecular weight excluding hydrogens is 295 g/mol. The number of para-hydroxylation sites is 1. The van der Waals surface area contributed by atoms with Gasteiger partial charge in [0.05, 0.1) is 5.69 Å². The molecule has 0 aliphatic carbocycles. The lowest BCUT2D eigenvalue weighted by Gasteiger charge is -2.08. The minimum atomic E-state index is -0.519. The van der Waals surface area contributed by atoms with Crippen LogP contribution in [0.3, 0.4) is 0 Å². The molecule has 4 aromatic rings. The number of aromatic nitrogens is 1. The molecule has 0 saturated heterocycles. The zero-order valence-electron chi connectivity index (χ0n) is 11.9. The van der Waals surface area contributed by atoms with Crippen LogP contribution in [0.4, 0.5) is 10.2 Å². The lowest BCUT2D eigenvalue weighted by atomic mass is 10.0. The van der Waals surface area contributed by atoms with Gasteiger partial charge in [0.15, 0.2) is 0 Å². The molecule has 0 aliphatic heterocycles. The third kappa shape index (κ3) is 2.14. The van der Waals surface area contributed by atoms with Crippen molar-refractivity contribution in [2.24, 2.45) is 0 Å². The van der Waals surface area contributed by atoms with Gasteiger partial charge in [-0.25, -0.2) is 14.2 Å². The SMILES string of the molecule is Nc1nc(-c2ccc(F)cc2)cc2c1c(=O)oc1ccccc12. The van der Waals surface area contributed by atoms with Gasteiger partial charge < -0.3 is 10.2 Å². The molecule has 0 aliphatic rings. The fourth-order valence-corrected chi connectivity index (χ4v) is 2.69. The number of nitrogen functional groups attached to an aromatic ring is 1. The molecule has 0 radical (unpaired) electrons. The van der Waals surface area contributed by atoms with Crippen molar-refractivity contribution in [1.29, 1.82) is 0 Å². The van der Waals surface area contributed by atoms with E-state index in [4.69, 9.17) is 10.2 Å². The summed E-state index contributed by atoms with van der Waals surface area (Å²) < 4.78 is 18.4. The van der Waals surface area contributed by atoms with Gasteiger partial charge in [-0.2, -0.15) is 0 Å². The van der Waals surface area contributed by atoms with Gasteiger partial charge in [-0.15, -0.1) is 0 Å². The van der Waals surface area contributed by atoms with E-state index < -0.39 is 5.63 Å². The topological polar surface area (TPSA) is 69.1 Å². The molecule has 112 valence electrons. The summed E-state index contributed by atoms with van der Waals surface area (Å²) in [6.07, 6.45) is 0. The number of fused-ring (bicyclic) bond motifs is 3. The first-order valence-corrected chi connectivity index (χ1v) is 7.01. The third-order valence-corrected chi connectivity index (χ3v) is 3.77. The Labute approximate surface area is 130 Å². The molecular formula is C18H11FN2O2. The average Bonchev–Trinajstić information content (AvgIpc) is 2.55. The van der Waals surface area contributed by atoms with Gasteiger partial charge in [0.1, 0.15) is 22.6 Å². The number of halogens is 1. The highest BCUT2D eigenvalue weighted by Crippen LogP contribution is 2.29. The summed E-state index contributed by atoms with van der Waals surface area (Å²) in [7, 11) is 0. The van der Waals surface area contributed by atoms with E-state index in [2.05, 4.69) is 4.98 Å². The lowest BCUT2D eigenvalue weighted by Crippen LogP contribution is -2.06. The van der Waals surface area contributed by atoms with Crippen LogP contribution < -0.4 is 11.4 Å². The largest absolute Gasteiger partial charge is 0.422 e. The summed E-state index contributed by atoms with van der Waals surface area (Å²) in [6.45, 7) is 0. The van der Waals surface area contributed by atoms with Crippen LogP contribution in [0.1, 0.15) is 0 Å². The van der Waals surface area contributed by atoms with E-state index in [1.807, 2.05) is 12.1 Å². The minimum absolute atomic E-state index is 0.0985. The van der Waals surface area contributed by atoms with Crippen LogP contribution in [-0.4, -0.2) is 4.98 Å². The summed E-state index contributed by atoms with van der Waals surface area (Å²) in [5, 5.41) is 1.71. The molecule has 0 bridgehead atoms. The molecule has 0 saturated carbocycles. The molecule has 0 unspecified atom stereocenters. The van der Waals surface area contributed by atoms with Crippen LogP contribution >= 0.6 is 0 Å². The fourth-order valence-electron chi connectivity index (χ4n) is 2.69. The van der Waals surface area contributed by atoms with E-state index in [0.717, 1.165) is 10.9 Å². The molecule has 0 amide bonds. The Hall–Kier alpha value is -3.21. The van der Waals surface area contributed by atoms with Crippen molar-refractivity contribution in [1.82, 2.24) is 4.98 Å². The first kappa shape index (κ1) is 13.5. The van der Waals surface area contributed by atoms with Crippen molar-refractivity contribution in [3.8, 4) is 11.3 Å². The smallest absolute Gasteiger partial charge is 0.347 e. The maximum Gasteiger partial charge on any atom is 0.347 e. The monoisotopic (exact) mass is 306 g/mol. The molecule has 23 heavy (non-hydrogen) atoms. The summed E-state index contributed by atoms with van der Waals surface area (Å²) in [5.74, 6) is -0.227. The van der Waals surface area contributed by atoms with E-state index in [1.54, 1.807) is 30.3 Å². The van der Waals surface area contributed by atoms with Crippen molar-refractivity contribution in [3.63, 3.8) is 0 Å². The molecule has 2 aromatic carbocycles. The number of nitrogens with zero attached hydrogens (tertiary/aromatic N) is 1. The minimum Gasteiger partial charge on any atom is -0.422 e. The highest BCUT2D eigenvalue weighted by atomic mass is 19.1. The highest BCUT2D eigenvalue weighted by molar-refractivity contribution is 6.08. The first-order valence-electron chi connectivity index (χ1n) is 7.01. The van der Waals surface area contributed by atoms with E-state index in [0.29, 0.717) is 16.7 Å². The Kier molecular flexibility index (Phi) is 2.87. The molecule has 2 N–H and O–H groups in total. The standard InChI is InChI=1S/C18H11FN2O2/c19-11-7-5-10(6-8-11)14-9-13-12-3-1-2-4-15(12)23-18(22)16(13)17(20)21-14/h1-9H,(H2,20,21). The molecule has 4 rings (SSSR count). The van der Waals surface area contributed by atoms with Gasteiger partial charge in [0.25, 0.3) is 0 Å². The molecule has 0 atom stereocenters. The van der Waals surface area contributed by atoms with Gasteiger partial charge in [-0.05, 0) is 36.4 Å². The quantitative estimate of drug-likeness (QED) is 0.430. The summed E-state index contributed by atoms with van der Waals surface area (Å²) in [4.78, 5) is 16.4. The second-order valence-corrected chi connectivity index (χ2v) is 5.21. The van der Waals surface area contributed by atoms with Crippen molar-refractivity contribution in [2.75, 3.05) is 5.73 Å². The van der Waals surface area contributed by atoms with E-state index in [-0.39, 0.29) is 17.0 Å². The zero-order chi connectivity index (χ0) is 16.0. The predicted molar refractivity (Wildman–Crippen MR) is 87.6 cm³/mol. The number of hydrogen-bond acceptors (Lipinski definition) is 4. The number of benzene rings is 2. The van der Waals surface area contributed by atoms with Crippen molar-refractivity contribution < 1.29 is 8.81 Å². The molecule has 4 nitrogen and oxygen atoms in total. The molecule has 0 fully saturated rings. The van der Waals surface area contributed by atoms with Crippen LogP contribution in [-0.2, 0) is 0 Å². The normalized spacial score (nSPS) is 11.2. The van der Waals surface area contributed by atoms with Gasteiger partial charge in [0.2, 0.25) is 0 Å². The summed E-state index contributed by atoms with van der Waals surface area (Å²) >= 11 is 0. The summed E-state index contributed by atoms with van der Waals surface area (Å²) in [6, 6.07) is 15.0. The van der Waals surface area contributed by atoms with Crippen LogP contribution in [0.2, 0.25) is 0 Å². The molecule has 2 heterocycles. The number of hydrogen-bond donors (Lipinski definition) is 1. The number of pyridine rings is 1. The molecule has 5 heteroatoms. The maximum absolute atomic E-state index is 13.1. The van der Waals surface area contributed by atoms with Crippen LogP contribution in [0.15, 0.2) is 63.8 Å². The Morgan fingerprint density at radius 1 is 1.00 bits per heavy atom. The Morgan fingerprint density at radius 2 is 1.74 bits per heavy atom. The zero-order valence-corrected chi connectivity index (χ0v) is 11.9. The Bertz CT molecular complexity index is 1100. The van der Waals surface area contributed by atoms with E-state index >= 15 is 0 Å². The predicted octanol–water partition coefficient (Wildman–Crippen LogP) is 3.73. The highest BCUT2D eigenvalue weighted by Gasteiger charge is 2.13. The number of nitrogens with two attached hydrogens (primary N) is 1. The van der Waals surface area contributed by atoms with E-state index in [1.165, 1.54) is 12.1 Å². The maximum atomic E-state index is 13.1. The number of rotatable bonds is 1. The molecule has 2 aromatic heterocycles. The van der Waals surface area contributed by atoms with Crippen LogP contribution in [0.25, 0.3) is 33.0 Å². The van der Waals surface area contributed by atoms with Gasteiger partial charge in [0, 0.05) is 16.3 Å². The van der Waals surface area contributed by atoms with Crippen molar-refractivity contribution in [2.45, 2.75) is 0 Å². The average molecular weight is 306 g/mol. The van der Waals surface area contributed by atoms with Crippen molar-refractivity contribution >= 4 is 27.6 Å². The van der Waals surface area contributed by atoms with Crippen molar-refractivity contribution in [3.05, 3.63) is 70.8 Å². The second kappa shape index (κ2) is 4.91. The molecule has 0 spiro atoms. The van der Waals surface area contributed by atoms with Gasteiger partial charge >= 0.3 is 5.63 Å². The third-order valence-electron chi connectivity index (χ3n) is 3.77. The second-order valence-electron chi connectivity index (χ2n) is 5.21. The van der Waals surface area contributed by atoms with E-state index in [9.17, 15) is 9.18 Å². The van der Waals surface area contributed by atoms with Gasteiger partial charge in [-0.3, -0.25) is 0 Å². The van der Waals surface area contributed by atoms with Crippen LogP contribution in [0.5, 0.6) is 0 Å². The van der Waals surface area contributed by atoms with Gasteiger partial charge in [-0.1, -0.05) is 18.2 Å². The first-order chi connectivity index (χ1) is 11.1. The number of anilines is 1. The Morgan fingerprint density at radius 3 is 2.52 bits per heavy atom. The fraction of sp³-hybridized carbons (Fsp3) is 0.